The van der Waals surface area contributed by atoms with E-state index >= 15 is 0 Å². The molecule has 0 fully saturated rings. The summed E-state index contributed by atoms with van der Waals surface area (Å²) in [6, 6.07) is 23.1. The van der Waals surface area contributed by atoms with Gasteiger partial charge in [0.25, 0.3) is 11.8 Å². The first-order valence-electron chi connectivity index (χ1n) is 13.5. The van der Waals surface area contributed by atoms with Gasteiger partial charge in [-0.1, -0.05) is 66.8 Å². The Hall–Kier alpha value is -4.24. The normalized spacial score (nSPS) is 11.3. The van der Waals surface area contributed by atoms with E-state index in [9.17, 15) is 14.4 Å². The predicted octanol–water partition coefficient (Wildman–Crippen LogP) is 3.45. The van der Waals surface area contributed by atoms with Crippen LogP contribution in [0.15, 0.2) is 78.9 Å². The van der Waals surface area contributed by atoms with Crippen LogP contribution in [-0.2, 0) is 33.6 Å². The van der Waals surface area contributed by atoms with E-state index in [0.29, 0.717) is 24.1 Å². The van der Waals surface area contributed by atoms with Crippen molar-refractivity contribution < 1.29 is 23.9 Å². The molecule has 0 heterocycles. The van der Waals surface area contributed by atoms with E-state index in [4.69, 9.17) is 21.7 Å². The second kappa shape index (κ2) is 16.1. The number of thiocarbonyl (C=S) groups is 1. The standard InChI is InChI=1S/C32H37N3O5S/c1-22(41)28(21-25-7-5-4-6-8-25)30(36)35-29(31(37)33-19-17-23-9-13-26(39-2)14-10-23)32(38)34-20-18-24-11-15-27(40-3)16-12-24/h4-16,28-29H,17-21H2,1-3H3,(H,33,37)(H,34,38)(H,35,36)/t28-/m1/s1. The van der Waals surface area contributed by atoms with Crippen molar-refractivity contribution in [3.8, 4) is 11.5 Å². The van der Waals surface area contributed by atoms with Crippen LogP contribution >= 0.6 is 12.2 Å². The van der Waals surface area contributed by atoms with E-state index in [2.05, 4.69) is 16.0 Å². The summed E-state index contributed by atoms with van der Waals surface area (Å²) in [5.74, 6) is -0.837. The second-order valence-corrected chi connectivity index (χ2v) is 10.2. The van der Waals surface area contributed by atoms with Crippen LogP contribution in [0.3, 0.4) is 0 Å². The zero-order valence-corrected chi connectivity index (χ0v) is 24.5. The number of hydrogen-bond donors (Lipinski definition) is 3. The van der Waals surface area contributed by atoms with Crippen molar-refractivity contribution in [3.63, 3.8) is 0 Å². The Labute approximate surface area is 246 Å². The van der Waals surface area contributed by atoms with Crippen LogP contribution in [0, 0.1) is 5.92 Å². The molecule has 0 aliphatic heterocycles. The van der Waals surface area contributed by atoms with Crippen LogP contribution < -0.4 is 25.4 Å². The summed E-state index contributed by atoms with van der Waals surface area (Å²) in [6.45, 7) is 2.27. The number of carbonyl (C=O) groups is 3. The van der Waals surface area contributed by atoms with Crippen LogP contribution in [0.5, 0.6) is 11.5 Å². The number of nitrogens with one attached hydrogen (secondary N) is 3. The Kier molecular flexibility index (Phi) is 12.3. The van der Waals surface area contributed by atoms with Crippen molar-refractivity contribution in [2.75, 3.05) is 27.3 Å². The zero-order valence-electron chi connectivity index (χ0n) is 23.6. The van der Waals surface area contributed by atoms with E-state index in [0.717, 1.165) is 28.2 Å². The van der Waals surface area contributed by atoms with Crippen molar-refractivity contribution in [1.82, 2.24) is 16.0 Å². The van der Waals surface area contributed by atoms with Crippen molar-refractivity contribution >= 4 is 34.8 Å². The molecule has 3 amide bonds. The number of hydrogen-bond acceptors (Lipinski definition) is 6. The van der Waals surface area contributed by atoms with E-state index < -0.39 is 29.7 Å². The lowest BCUT2D eigenvalue weighted by atomic mass is 9.95. The molecule has 0 spiro atoms. The molecule has 8 nitrogen and oxygen atoms in total. The van der Waals surface area contributed by atoms with Gasteiger partial charge < -0.3 is 25.4 Å². The first-order chi connectivity index (χ1) is 19.8. The fourth-order valence-electron chi connectivity index (χ4n) is 4.21. The highest BCUT2D eigenvalue weighted by Crippen LogP contribution is 2.14. The fraction of sp³-hybridized carbons (Fsp3) is 0.312. The minimum Gasteiger partial charge on any atom is -0.497 e. The average molecular weight is 576 g/mol. The first kappa shape index (κ1) is 31.3. The number of amides is 3. The van der Waals surface area contributed by atoms with Crippen LogP contribution in [0.4, 0.5) is 0 Å². The number of rotatable bonds is 15. The Bertz CT molecular complexity index is 1230. The van der Waals surface area contributed by atoms with Crippen molar-refractivity contribution in [1.29, 1.82) is 0 Å². The van der Waals surface area contributed by atoms with Crippen molar-refractivity contribution in [3.05, 3.63) is 95.6 Å². The SMILES string of the molecule is COc1ccc(CCNC(=O)C(NC(=O)[C@H](Cc2ccccc2)C(C)=S)C(=O)NCCc2ccc(OC)cc2)cc1. The summed E-state index contributed by atoms with van der Waals surface area (Å²) < 4.78 is 10.4. The molecule has 0 aliphatic carbocycles. The van der Waals surface area contributed by atoms with E-state index in [1.807, 2.05) is 78.9 Å². The molecule has 9 heteroatoms. The maximum atomic E-state index is 13.3. The molecule has 0 saturated carbocycles. The molecule has 0 saturated heterocycles. The van der Waals surface area contributed by atoms with Crippen molar-refractivity contribution in [2.45, 2.75) is 32.2 Å². The van der Waals surface area contributed by atoms with Crippen LogP contribution in [0.2, 0.25) is 0 Å². The summed E-state index contributed by atoms with van der Waals surface area (Å²) in [5, 5.41) is 8.25. The van der Waals surface area contributed by atoms with Gasteiger partial charge in [0.05, 0.1) is 20.1 Å². The van der Waals surface area contributed by atoms with Gasteiger partial charge in [-0.05, 0) is 67.1 Å². The van der Waals surface area contributed by atoms with Gasteiger partial charge in [0.1, 0.15) is 11.5 Å². The van der Waals surface area contributed by atoms with E-state index in [-0.39, 0.29) is 13.1 Å². The van der Waals surface area contributed by atoms with Gasteiger partial charge in [-0.3, -0.25) is 14.4 Å². The summed E-state index contributed by atoms with van der Waals surface area (Å²) in [5.41, 5.74) is 2.92. The van der Waals surface area contributed by atoms with E-state index in [1.165, 1.54) is 0 Å². The third-order valence-electron chi connectivity index (χ3n) is 6.64. The molecule has 0 bridgehead atoms. The molecule has 0 aromatic heterocycles. The highest BCUT2D eigenvalue weighted by molar-refractivity contribution is 7.80. The summed E-state index contributed by atoms with van der Waals surface area (Å²) in [7, 11) is 3.20. The lowest BCUT2D eigenvalue weighted by Crippen LogP contribution is -2.57. The highest BCUT2D eigenvalue weighted by atomic mass is 32.1. The average Bonchev–Trinajstić information content (AvgIpc) is 2.99. The molecule has 0 aliphatic rings. The van der Waals surface area contributed by atoms with Gasteiger partial charge in [0, 0.05) is 18.0 Å². The van der Waals surface area contributed by atoms with Crippen LogP contribution in [-0.4, -0.2) is 55.9 Å². The highest BCUT2D eigenvalue weighted by Gasteiger charge is 2.31. The number of carbonyl (C=O) groups excluding carboxylic acids is 3. The predicted molar refractivity (Wildman–Crippen MR) is 163 cm³/mol. The minimum absolute atomic E-state index is 0.288. The molecular formula is C32H37N3O5S. The molecule has 0 radical (unpaired) electrons. The summed E-state index contributed by atoms with van der Waals surface area (Å²) in [4.78, 5) is 40.2. The minimum atomic E-state index is -1.41. The second-order valence-electron chi connectivity index (χ2n) is 9.57. The lowest BCUT2D eigenvalue weighted by Gasteiger charge is -2.22. The van der Waals surface area contributed by atoms with Gasteiger partial charge >= 0.3 is 0 Å². The lowest BCUT2D eigenvalue weighted by molar-refractivity contribution is -0.137. The molecule has 3 aromatic carbocycles. The van der Waals surface area contributed by atoms with Crippen molar-refractivity contribution in [2.24, 2.45) is 5.92 Å². The maximum absolute atomic E-state index is 13.3. The maximum Gasteiger partial charge on any atom is 0.252 e. The zero-order chi connectivity index (χ0) is 29.6. The molecule has 0 unspecified atom stereocenters. The molecule has 3 rings (SSSR count). The smallest absolute Gasteiger partial charge is 0.252 e. The largest absolute Gasteiger partial charge is 0.497 e. The van der Waals surface area contributed by atoms with Gasteiger partial charge in [0.2, 0.25) is 5.91 Å². The molecule has 216 valence electrons. The Morgan fingerprint density at radius 3 is 1.56 bits per heavy atom. The molecule has 41 heavy (non-hydrogen) atoms. The van der Waals surface area contributed by atoms with Crippen LogP contribution in [0.25, 0.3) is 0 Å². The number of methoxy groups -OCH3 is 2. The summed E-state index contributed by atoms with van der Waals surface area (Å²) in [6.07, 6.45) is 1.46. The molecule has 3 aromatic rings. The Morgan fingerprint density at radius 2 is 1.15 bits per heavy atom. The topological polar surface area (TPSA) is 106 Å². The monoisotopic (exact) mass is 575 g/mol. The van der Waals surface area contributed by atoms with E-state index in [1.54, 1.807) is 21.1 Å². The quantitative estimate of drug-likeness (QED) is 0.189. The summed E-state index contributed by atoms with van der Waals surface area (Å²) >= 11 is 5.38. The van der Waals surface area contributed by atoms with Gasteiger partial charge in [-0.25, -0.2) is 0 Å². The molecule has 3 N–H and O–H groups in total. The molecular weight excluding hydrogens is 538 g/mol. The third-order valence-corrected chi connectivity index (χ3v) is 6.93. The first-order valence-corrected chi connectivity index (χ1v) is 13.9. The number of ether oxygens (including phenoxy) is 2. The van der Waals surface area contributed by atoms with Gasteiger partial charge in [-0.2, -0.15) is 0 Å². The molecule has 1 atom stereocenters. The fourth-order valence-corrected chi connectivity index (χ4v) is 4.40. The Morgan fingerprint density at radius 1 is 0.683 bits per heavy atom. The van der Waals surface area contributed by atoms with Gasteiger partial charge in [0.15, 0.2) is 6.04 Å². The number of benzene rings is 3. The van der Waals surface area contributed by atoms with Gasteiger partial charge in [-0.15, -0.1) is 0 Å². The Balaban J connectivity index is 1.66. The third kappa shape index (κ3) is 10.0. The van der Waals surface area contributed by atoms with Crippen LogP contribution in [0.1, 0.15) is 23.6 Å².